The van der Waals surface area contributed by atoms with Crippen LogP contribution in [0.5, 0.6) is 11.5 Å². The highest BCUT2D eigenvalue weighted by molar-refractivity contribution is 6.32. The van der Waals surface area contributed by atoms with Gasteiger partial charge in [0.25, 0.3) is 0 Å². The second kappa shape index (κ2) is 25.2. The van der Waals surface area contributed by atoms with Gasteiger partial charge in [0.2, 0.25) is 5.91 Å². The van der Waals surface area contributed by atoms with Crippen molar-refractivity contribution in [1.82, 2.24) is 15.1 Å². The van der Waals surface area contributed by atoms with E-state index < -0.39 is 24.2 Å². The van der Waals surface area contributed by atoms with Crippen molar-refractivity contribution in [3.63, 3.8) is 0 Å². The Labute approximate surface area is 454 Å². The molecule has 4 saturated heterocycles. The van der Waals surface area contributed by atoms with Gasteiger partial charge in [0.05, 0.1) is 46.2 Å². The highest BCUT2D eigenvalue weighted by Crippen LogP contribution is 2.37. The number of hydrogen-bond donors (Lipinski definition) is 5. The first-order valence-corrected chi connectivity index (χ1v) is 27.7. The number of hydrogen-bond acceptors (Lipinski definition) is 11. The van der Waals surface area contributed by atoms with E-state index in [1.807, 2.05) is 42.5 Å². The molecule has 6 aromatic carbocycles. The normalized spacial score (nSPS) is 20.9. The first-order chi connectivity index (χ1) is 36.4. The quantitative estimate of drug-likeness (QED) is 0.0589. The summed E-state index contributed by atoms with van der Waals surface area (Å²) in [5, 5.41) is 39.8. The van der Waals surface area contributed by atoms with Crippen LogP contribution >= 0.6 is 23.2 Å². The van der Waals surface area contributed by atoms with Crippen molar-refractivity contribution in [1.29, 1.82) is 0 Å². The number of carbonyl (C=O) groups is 2. The van der Waals surface area contributed by atoms with Crippen LogP contribution in [0.15, 0.2) is 121 Å². The maximum atomic E-state index is 13.4. The third-order valence-corrected chi connectivity index (χ3v) is 16.1. The molecule has 6 N–H and O–H groups in total. The second-order valence-electron chi connectivity index (χ2n) is 21.3. The van der Waals surface area contributed by atoms with Gasteiger partial charge >= 0.3 is 5.97 Å². The molecule has 4 aliphatic heterocycles. The van der Waals surface area contributed by atoms with Gasteiger partial charge in [-0.25, -0.2) is 0 Å². The Bertz CT molecular complexity index is 2940. The fourth-order valence-corrected chi connectivity index (χ4v) is 10.8. The predicted octanol–water partition coefficient (Wildman–Crippen LogP) is 9.64. The van der Waals surface area contributed by atoms with E-state index in [0.29, 0.717) is 52.8 Å². The number of nitrogens with two attached hydrogens (primary N) is 1. The molecule has 6 atom stereocenters. The maximum absolute atomic E-state index is 13.4. The number of nitrogens with zero attached hydrogens (tertiary/aromatic N) is 4. The Kier molecular flexibility index (Phi) is 18.2. The number of aliphatic hydroxyl groups excluding tert-OH is 2. The van der Waals surface area contributed by atoms with Gasteiger partial charge in [-0.15, -0.1) is 0 Å². The first-order valence-electron chi connectivity index (χ1n) is 26.9. The zero-order chi connectivity index (χ0) is 52.0. The number of fused-ring (bicyclic) bond motifs is 2. The topological polar surface area (TPSA) is 164 Å². The third kappa shape index (κ3) is 14.1. The summed E-state index contributed by atoms with van der Waals surface area (Å²) in [7, 11) is 0. The van der Waals surface area contributed by atoms with Crippen molar-refractivity contribution >= 4 is 68.0 Å². The molecule has 16 heteroatoms. The molecule has 0 spiro atoms. The summed E-state index contributed by atoms with van der Waals surface area (Å²) >= 11 is 12.7. The lowest BCUT2D eigenvalue weighted by Crippen LogP contribution is -2.52. The summed E-state index contributed by atoms with van der Waals surface area (Å²) in [5.41, 5.74) is 9.80. The largest absolute Gasteiger partial charge is 0.489 e. The molecule has 2 saturated carbocycles. The summed E-state index contributed by atoms with van der Waals surface area (Å²) in [5.74, 6) is 0.336. The lowest BCUT2D eigenvalue weighted by molar-refractivity contribution is -0.141. The number of aliphatic hydroxyl groups is 2. The van der Waals surface area contributed by atoms with Gasteiger partial charge in [0.1, 0.15) is 17.6 Å². The SMILES string of the molecule is F.N[C@H](CN1CCC1)[C@H](O)c1ccc(OC2CC2)c(Cl)c1.O=C(N[C@H](CN1CCC1)[C@H](O)c1ccc(OC2CC2)c(Cl)c1)[C@@H]1CCN(c2ccc3ccccc3c2)C1.O=C(O)[C@@H]1CCN(c2ccc3ccccc3c2)C1. The number of likely N-dealkylation sites (tertiary alicyclic amines) is 2. The molecule has 404 valence electrons. The number of amides is 1. The van der Waals surface area contributed by atoms with Crippen molar-refractivity contribution in [2.45, 2.75) is 87.9 Å². The molecular weight excluding hydrogens is 1010 g/mol. The minimum Gasteiger partial charge on any atom is -0.489 e. The summed E-state index contributed by atoms with van der Waals surface area (Å²) in [6, 6.07) is 39.6. The van der Waals surface area contributed by atoms with E-state index in [9.17, 15) is 19.8 Å². The molecule has 0 bridgehead atoms. The van der Waals surface area contributed by atoms with Crippen molar-refractivity contribution < 1.29 is 39.1 Å². The molecule has 0 aromatic heterocycles. The van der Waals surface area contributed by atoms with Crippen LogP contribution in [0.1, 0.15) is 74.7 Å². The minimum atomic E-state index is -0.852. The molecule has 13 nitrogen and oxygen atoms in total. The molecule has 1 amide bonds. The van der Waals surface area contributed by atoms with Gasteiger partial charge in [0, 0.05) is 56.7 Å². The van der Waals surface area contributed by atoms with E-state index in [2.05, 4.69) is 91.6 Å². The first kappa shape index (κ1) is 55.1. The number of aliphatic carboxylic acids is 1. The Balaban J connectivity index is 0.000000152. The van der Waals surface area contributed by atoms with Crippen molar-refractivity contribution in [3.05, 3.63) is 142 Å². The maximum Gasteiger partial charge on any atom is 0.308 e. The average Bonchev–Trinajstić information content (AvgIpc) is 4.30. The molecular formula is C60H71Cl2FN6O7. The number of benzene rings is 6. The summed E-state index contributed by atoms with van der Waals surface area (Å²) in [6.45, 7) is 8.45. The van der Waals surface area contributed by atoms with E-state index in [-0.39, 0.29) is 34.6 Å². The highest BCUT2D eigenvalue weighted by Gasteiger charge is 2.35. The Morgan fingerprint density at radius 2 is 1.04 bits per heavy atom. The number of ether oxygens (including phenoxy) is 2. The van der Waals surface area contributed by atoms with E-state index in [4.69, 9.17) is 43.5 Å². The number of carboxylic acids is 1. The second-order valence-corrected chi connectivity index (χ2v) is 22.1. The number of carboxylic acid groups (broad SMARTS) is 1. The van der Waals surface area contributed by atoms with Crippen LogP contribution in [0.2, 0.25) is 10.0 Å². The molecule has 0 unspecified atom stereocenters. The fourth-order valence-electron chi connectivity index (χ4n) is 10.3. The van der Waals surface area contributed by atoms with E-state index in [1.165, 1.54) is 28.0 Å². The molecule has 2 aliphatic carbocycles. The van der Waals surface area contributed by atoms with E-state index >= 15 is 0 Å². The number of anilines is 2. The summed E-state index contributed by atoms with van der Waals surface area (Å²) in [4.78, 5) is 33.3. The van der Waals surface area contributed by atoms with Crippen LogP contribution in [-0.4, -0.2) is 127 Å². The van der Waals surface area contributed by atoms with Crippen LogP contribution in [-0.2, 0) is 9.59 Å². The van der Waals surface area contributed by atoms with Crippen molar-refractivity contribution in [3.8, 4) is 11.5 Å². The van der Waals surface area contributed by atoms with Gasteiger partial charge in [-0.3, -0.25) is 14.3 Å². The van der Waals surface area contributed by atoms with Crippen LogP contribution in [0.4, 0.5) is 16.1 Å². The standard InChI is InChI=1S/C30H34ClN3O3.C15H21ClN2O2.C15H15NO2.FH/c31-26-17-22(7-11-28(26)37-25-9-10-25)29(35)27(19-33-13-3-14-33)32-30(36)23-12-15-34(18-23)24-8-6-20-4-1-2-5-21(20)16-24;16-12-8-10(2-5-14(12)20-11-3-4-11)15(19)13(17)9-18-6-1-7-18;17-15(18)13-7-8-16(10-13)14-6-5-11-3-1-2-4-12(11)9-14;/h1-2,4-8,11,16-17,23,25,27,29,35H,3,9-10,12-15,18-19H2,(H,32,36);2,5,8,11,13,15,19H,1,3-4,6-7,9,17H2;1-6,9,13H,7-8,10H2,(H,17,18);1H/t23-,27-,29-;13-,15-;13-;/m111./s1. The minimum absolute atomic E-state index is 0. The molecule has 76 heavy (non-hydrogen) atoms. The fraction of sp³-hybridized carbons (Fsp3) is 0.433. The Morgan fingerprint density at radius 3 is 1.49 bits per heavy atom. The number of rotatable bonds is 17. The molecule has 0 radical (unpaired) electrons. The van der Waals surface area contributed by atoms with Crippen LogP contribution in [0.25, 0.3) is 21.5 Å². The van der Waals surface area contributed by atoms with Crippen molar-refractivity contribution in [2.24, 2.45) is 17.6 Å². The Hall–Kier alpha value is -5.71. The van der Waals surface area contributed by atoms with Gasteiger partial charge in [0.15, 0.2) is 0 Å². The number of nitrogens with one attached hydrogen (secondary N) is 1. The van der Waals surface area contributed by atoms with Crippen LogP contribution in [0, 0.1) is 11.8 Å². The molecule has 6 fully saturated rings. The predicted molar refractivity (Wildman–Crippen MR) is 301 cm³/mol. The number of carbonyl (C=O) groups excluding carboxylic acids is 1. The van der Waals surface area contributed by atoms with Crippen LogP contribution in [0.3, 0.4) is 0 Å². The zero-order valence-corrected chi connectivity index (χ0v) is 44.4. The van der Waals surface area contributed by atoms with Crippen molar-refractivity contribution in [2.75, 3.05) is 75.2 Å². The highest BCUT2D eigenvalue weighted by atomic mass is 35.5. The lowest BCUT2D eigenvalue weighted by Gasteiger charge is -2.36. The lowest BCUT2D eigenvalue weighted by atomic mass is 9.99. The van der Waals surface area contributed by atoms with Gasteiger partial charge in [-0.05, 0) is 159 Å². The number of halogens is 3. The van der Waals surface area contributed by atoms with Gasteiger partial charge in [-0.1, -0.05) is 96.0 Å². The monoisotopic (exact) mass is 1080 g/mol. The average molecular weight is 1080 g/mol. The summed E-state index contributed by atoms with van der Waals surface area (Å²) in [6.07, 6.45) is 7.26. The van der Waals surface area contributed by atoms with Crippen LogP contribution < -0.4 is 30.3 Å². The Morgan fingerprint density at radius 1 is 0.579 bits per heavy atom. The smallest absolute Gasteiger partial charge is 0.308 e. The molecule has 12 rings (SSSR count). The third-order valence-electron chi connectivity index (χ3n) is 15.5. The summed E-state index contributed by atoms with van der Waals surface area (Å²) < 4.78 is 11.5. The molecule has 6 aromatic rings. The van der Waals surface area contributed by atoms with Gasteiger partial charge in [-0.2, -0.15) is 0 Å². The molecule has 6 aliphatic rings. The van der Waals surface area contributed by atoms with E-state index in [1.54, 1.807) is 12.1 Å². The molecule has 4 heterocycles. The van der Waals surface area contributed by atoms with Gasteiger partial charge < -0.3 is 55.4 Å². The van der Waals surface area contributed by atoms with E-state index in [0.717, 1.165) is 108 Å². The zero-order valence-electron chi connectivity index (χ0n) is 42.9.